The van der Waals surface area contributed by atoms with E-state index in [1.807, 2.05) is 30.3 Å². The average Bonchev–Trinajstić information content (AvgIpc) is 3.39. The summed E-state index contributed by atoms with van der Waals surface area (Å²) in [7, 11) is 0. The maximum absolute atomic E-state index is 14.0. The third-order valence-corrected chi connectivity index (χ3v) is 6.04. The van der Waals surface area contributed by atoms with Gasteiger partial charge in [0.25, 0.3) is 0 Å². The first-order valence-corrected chi connectivity index (χ1v) is 9.39. The minimum atomic E-state index is -0.557. The Bertz CT molecular complexity index is 813. The van der Waals surface area contributed by atoms with Gasteiger partial charge in [-0.05, 0) is 48.6 Å². The Balaban J connectivity index is 1.44. The normalized spacial score (nSPS) is 19.5. The van der Waals surface area contributed by atoms with Crippen molar-refractivity contribution in [2.24, 2.45) is 5.41 Å². The molecule has 0 radical (unpaired) electrons. The van der Waals surface area contributed by atoms with Gasteiger partial charge in [0.2, 0.25) is 5.91 Å². The molecule has 136 valence electrons. The minimum Gasteiger partial charge on any atom is -0.355 e. The maximum Gasteiger partial charge on any atom is 0.229 e. The third kappa shape index (κ3) is 3.24. The number of halogens is 2. The molecule has 4 rings (SSSR count). The van der Waals surface area contributed by atoms with Gasteiger partial charge in [0, 0.05) is 30.1 Å². The highest BCUT2D eigenvalue weighted by atomic mass is 35.5. The van der Waals surface area contributed by atoms with E-state index in [0.717, 1.165) is 17.9 Å². The van der Waals surface area contributed by atoms with E-state index in [2.05, 4.69) is 10.6 Å². The molecule has 3 nitrogen and oxygen atoms in total. The lowest BCUT2D eigenvalue weighted by Crippen LogP contribution is -2.63. The van der Waals surface area contributed by atoms with Gasteiger partial charge in [-0.2, -0.15) is 0 Å². The Morgan fingerprint density at radius 3 is 2.38 bits per heavy atom. The number of carbonyl (C=O) groups excluding carboxylic acids is 1. The van der Waals surface area contributed by atoms with Crippen LogP contribution < -0.4 is 10.6 Å². The molecule has 26 heavy (non-hydrogen) atoms. The second-order valence-electron chi connectivity index (χ2n) is 7.62. The first-order chi connectivity index (χ1) is 12.5. The first kappa shape index (κ1) is 17.5. The van der Waals surface area contributed by atoms with E-state index in [-0.39, 0.29) is 17.1 Å². The molecule has 2 fully saturated rings. The van der Waals surface area contributed by atoms with Gasteiger partial charge in [0.15, 0.2) is 0 Å². The lowest BCUT2D eigenvalue weighted by Gasteiger charge is -2.41. The molecular formula is C21H22ClFN2O. The fraction of sp³-hybridized carbons (Fsp3) is 0.381. The zero-order chi connectivity index (χ0) is 18.2. The van der Waals surface area contributed by atoms with E-state index in [0.29, 0.717) is 31.6 Å². The summed E-state index contributed by atoms with van der Waals surface area (Å²) in [6, 6.07) is 14.6. The van der Waals surface area contributed by atoms with Gasteiger partial charge in [-0.15, -0.1) is 0 Å². The summed E-state index contributed by atoms with van der Waals surface area (Å²) in [5.41, 5.74) is 1.29. The molecule has 1 aliphatic carbocycles. The van der Waals surface area contributed by atoms with Crippen molar-refractivity contribution in [3.05, 3.63) is 70.5 Å². The number of nitrogens with one attached hydrogen (secondary N) is 2. The molecule has 0 bridgehead atoms. The van der Waals surface area contributed by atoms with Crippen LogP contribution in [0.1, 0.15) is 24.0 Å². The number of hydrogen-bond acceptors (Lipinski definition) is 2. The van der Waals surface area contributed by atoms with Crippen LogP contribution in [0.4, 0.5) is 4.39 Å². The predicted octanol–water partition coefficient (Wildman–Crippen LogP) is 3.46. The number of rotatable bonds is 6. The summed E-state index contributed by atoms with van der Waals surface area (Å²) in [6.45, 7) is 1.79. The Hall–Kier alpha value is -1.91. The number of hydrogen-bond donors (Lipinski definition) is 2. The van der Waals surface area contributed by atoms with Gasteiger partial charge in [-0.1, -0.05) is 41.9 Å². The van der Waals surface area contributed by atoms with E-state index in [4.69, 9.17) is 11.6 Å². The molecule has 2 aliphatic rings. The van der Waals surface area contributed by atoms with Crippen molar-refractivity contribution in [1.82, 2.24) is 10.6 Å². The molecule has 1 saturated carbocycles. The number of amides is 1. The molecule has 1 amide bonds. The SMILES string of the molecule is O=C(NCC1(c2ccc(Cl)cc2)CC1)C1(Cc2ccccc2F)CNC1. The Kier molecular flexibility index (Phi) is 4.49. The molecule has 2 N–H and O–H groups in total. The lowest BCUT2D eigenvalue weighted by atomic mass is 9.75. The highest BCUT2D eigenvalue weighted by Crippen LogP contribution is 2.48. The van der Waals surface area contributed by atoms with Crippen LogP contribution in [0.3, 0.4) is 0 Å². The summed E-state index contributed by atoms with van der Waals surface area (Å²) < 4.78 is 14.0. The number of benzene rings is 2. The Morgan fingerprint density at radius 1 is 1.12 bits per heavy atom. The summed E-state index contributed by atoms with van der Waals surface area (Å²) in [5.74, 6) is -0.230. The Labute approximate surface area is 157 Å². The summed E-state index contributed by atoms with van der Waals surface area (Å²) in [6.07, 6.45) is 2.55. The first-order valence-electron chi connectivity index (χ1n) is 9.02. The zero-order valence-corrected chi connectivity index (χ0v) is 15.3. The minimum absolute atomic E-state index is 0.0136. The van der Waals surface area contributed by atoms with E-state index in [9.17, 15) is 9.18 Å². The van der Waals surface area contributed by atoms with Crippen molar-refractivity contribution in [2.45, 2.75) is 24.7 Å². The molecule has 1 aliphatic heterocycles. The van der Waals surface area contributed by atoms with E-state index >= 15 is 0 Å². The van der Waals surface area contributed by atoms with Crippen molar-refractivity contribution >= 4 is 17.5 Å². The summed E-state index contributed by atoms with van der Waals surface area (Å²) in [5, 5.41) is 7.04. The largest absolute Gasteiger partial charge is 0.355 e. The molecule has 1 saturated heterocycles. The predicted molar refractivity (Wildman–Crippen MR) is 101 cm³/mol. The monoisotopic (exact) mass is 372 g/mol. The van der Waals surface area contributed by atoms with E-state index < -0.39 is 5.41 Å². The molecular weight excluding hydrogens is 351 g/mol. The van der Waals surface area contributed by atoms with E-state index in [1.165, 1.54) is 11.6 Å². The smallest absolute Gasteiger partial charge is 0.229 e. The molecule has 5 heteroatoms. The molecule has 2 aromatic carbocycles. The van der Waals surface area contributed by atoms with Gasteiger partial charge < -0.3 is 10.6 Å². The van der Waals surface area contributed by atoms with Crippen LogP contribution in [-0.4, -0.2) is 25.5 Å². The van der Waals surface area contributed by atoms with Crippen LogP contribution in [0.25, 0.3) is 0 Å². The van der Waals surface area contributed by atoms with Crippen LogP contribution in [0, 0.1) is 11.2 Å². The van der Waals surface area contributed by atoms with Crippen molar-refractivity contribution in [1.29, 1.82) is 0 Å². The second-order valence-corrected chi connectivity index (χ2v) is 8.06. The van der Waals surface area contributed by atoms with Crippen LogP contribution in [0.15, 0.2) is 48.5 Å². The van der Waals surface area contributed by atoms with Crippen molar-refractivity contribution in [3.63, 3.8) is 0 Å². The quantitative estimate of drug-likeness (QED) is 0.815. The maximum atomic E-state index is 14.0. The second kappa shape index (κ2) is 6.67. The average molecular weight is 373 g/mol. The topological polar surface area (TPSA) is 41.1 Å². The van der Waals surface area contributed by atoms with Crippen LogP contribution in [0.2, 0.25) is 5.02 Å². The molecule has 2 aromatic rings. The molecule has 0 atom stereocenters. The third-order valence-electron chi connectivity index (χ3n) is 5.79. The van der Waals surface area contributed by atoms with Gasteiger partial charge >= 0.3 is 0 Å². The van der Waals surface area contributed by atoms with Crippen LogP contribution in [-0.2, 0) is 16.6 Å². The standard InChI is InChI=1S/C21H22ClFN2O/c22-17-7-5-16(6-8-17)20(9-10-20)14-25-19(26)21(12-24-13-21)11-15-3-1-2-4-18(15)23/h1-8,24H,9-14H2,(H,25,26). The van der Waals surface area contributed by atoms with Crippen LogP contribution in [0.5, 0.6) is 0 Å². The molecule has 0 spiro atoms. The van der Waals surface area contributed by atoms with E-state index in [1.54, 1.807) is 12.1 Å². The lowest BCUT2D eigenvalue weighted by molar-refractivity contribution is -0.134. The molecule has 1 heterocycles. The van der Waals surface area contributed by atoms with Gasteiger partial charge in [-0.3, -0.25) is 4.79 Å². The van der Waals surface area contributed by atoms with Crippen molar-refractivity contribution in [2.75, 3.05) is 19.6 Å². The Morgan fingerprint density at radius 2 is 1.81 bits per heavy atom. The van der Waals surface area contributed by atoms with Crippen molar-refractivity contribution in [3.8, 4) is 0 Å². The zero-order valence-electron chi connectivity index (χ0n) is 14.5. The molecule has 0 unspecified atom stereocenters. The summed E-state index contributed by atoms with van der Waals surface area (Å²) >= 11 is 5.98. The highest BCUT2D eigenvalue weighted by Gasteiger charge is 2.48. The van der Waals surface area contributed by atoms with Gasteiger partial charge in [0.1, 0.15) is 5.82 Å². The van der Waals surface area contributed by atoms with Gasteiger partial charge in [0.05, 0.1) is 5.41 Å². The fourth-order valence-electron chi connectivity index (χ4n) is 3.76. The number of carbonyl (C=O) groups is 1. The summed E-state index contributed by atoms with van der Waals surface area (Å²) in [4.78, 5) is 12.9. The highest BCUT2D eigenvalue weighted by molar-refractivity contribution is 6.30. The fourth-order valence-corrected chi connectivity index (χ4v) is 3.88. The molecule has 0 aromatic heterocycles. The van der Waals surface area contributed by atoms with Crippen molar-refractivity contribution < 1.29 is 9.18 Å². The van der Waals surface area contributed by atoms with Gasteiger partial charge in [-0.25, -0.2) is 4.39 Å². The van der Waals surface area contributed by atoms with Crippen LogP contribution >= 0.6 is 11.6 Å².